The second kappa shape index (κ2) is 5.01. The van der Waals surface area contributed by atoms with Crippen LogP contribution in [0.25, 0.3) is 0 Å². The van der Waals surface area contributed by atoms with Crippen LogP contribution in [0.3, 0.4) is 0 Å². The van der Waals surface area contributed by atoms with Gasteiger partial charge in [0.2, 0.25) is 0 Å². The van der Waals surface area contributed by atoms with Gasteiger partial charge in [-0.25, -0.2) is 0 Å². The molecule has 2 rings (SSSR count). The van der Waals surface area contributed by atoms with E-state index in [2.05, 4.69) is 31.2 Å². The first-order valence-electron chi connectivity index (χ1n) is 6.47. The molecule has 0 unspecified atom stereocenters. The predicted octanol–water partition coefficient (Wildman–Crippen LogP) is 3.34. The Labute approximate surface area is 98.5 Å². The second-order valence-electron chi connectivity index (χ2n) is 5.21. The molecule has 16 heavy (non-hydrogen) atoms. The highest BCUT2D eigenvalue weighted by Gasteiger charge is 2.33. The molecule has 0 aliphatic heterocycles. The lowest BCUT2D eigenvalue weighted by Crippen LogP contribution is -2.24. The van der Waals surface area contributed by atoms with Crippen LogP contribution >= 0.6 is 0 Å². The highest BCUT2D eigenvalue weighted by molar-refractivity contribution is 5.23. The third-order valence-corrected chi connectivity index (χ3v) is 4.01. The maximum absolute atomic E-state index is 9.58. The van der Waals surface area contributed by atoms with Crippen molar-refractivity contribution in [2.24, 2.45) is 5.41 Å². The van der Waals surface area contributed by atoms with E-state index >= 15 is 0 Å². The van der Waals surface area contributed by atoms with Gasteiger partial charge in [-0.1, -0.05) is 44.0 Å². The molecule has 0 heterocycles. The summed E-state index contributed by atoms with van der Waals surface area (Å²) in [5, 5.41) is 9.58. The van der Waals surface area contributed by atoms with Crippen LogP contribution in [0.2, 0.25) is 0 Å². The molecule has 1 N–H and O–H groups in total. The number of benzene rings is 1. The normalized spacial score (nSPS) is 18.9. The SMILES string of the molecule is CCc1ccc(CC2(CO)CCCC2)cc1. The lowest BCUT2D eigenvalue weighted by Gasteiger charge is -2.26. The van der Waals surface area contributed by atoms with E-state index in [4.69, 9.17) is 0 Å². The van der Waals surface area contributed by atoms with Crippen LogP contribution in [-0.2, 0) is 12.8 Å². The lowest BCUT2D eigenvalue weighted by molar-refractivity contribution is 0.130. The van der Waals surface area contributed by atoms with Crippen molar-refractivity contribution >= 4 is 0 Å². The molecule has 1 aliphatic rings. The van der Waals surface area contributed by atoms with Gasteiger partial charge in [0, 0.05) is 6.61 Å². The van der Waals surface area contributed by atoms with Gasteiger partial charge in [0.15, 0.2) is 0 Å². The molecule has 1 aromatic carbocycles. The van der Waals surface area contributed by atoms with Crippen LogP contribution in [0.5, 0.6) is 0 Å². The third-order valence-electron chi connectivity index (χ3n) is 4.01. The summed E-state index contributed by atoms with van der Waals surface area (Å²) in [5.41, 5.74) is 2.97. The van der Waals surface area contributed by atoms with Crippen molar-refractivity contribution in [1.82, 2.24) is 0 Å². The van der Waals surface area contributed by atoms with Gasteiger partial charge in [-0.3, -0.25) is 0 Å². The summed E-state index contributed by atoms with van der Waals surface area (Å²) in [4.78, 5) is 0. The Morgan fingerprint density at radius 3 is 2.12 bits per heavy atom. The molecule has 1 nitrogen and oxygen atoms in total. The maximum atomic E-state index is 9.58. The van der Waals surface area contributed by atoms with Crippen molar-refractivity contribution < 1.29 is 5.11 Å². The maximum Gasteiger partial charge on any atom is 0.0490 e. The summed E-state index contributed by atoms with van der Waals surface area (Å²) >= 11 is 0. The van der Waals surface area contributed by atoms with E-state index in [1.54, 1.807) is 0 Å². The number of aryl methyl sites for hydroxylation is 1. The van der Waals surface area contributed by atoms with Gasteiger partial charge in [-0.15, -0.1) is 0 Å². The molecule has 0 amide bonds. The van der Waals surface area contributed by atoms with Crippen LogP contribution in [0.4, 0.5) is 0 Å². The Kier molecular flexibility index (Phi) is 3.65. The molecule has 0 atom stereocenters. The molecular formula is C15H22O. The summed E-state index contributed by atoms with van der Waals surface area (Å²) < 4.78 is 0. The lowest BCUT2D eigenvalue weighted by atomic mass is 9.81. The van der Waals surface area contributed by atoms with Gasteiger partial charge in [0.25, 0.3) is 0 Å². The van der Waals surface area contributed by atoms with Crippen molar-refractivity contribution in [1.29, 1.82) is 0 Å². The summed E-state index contributed by atoms with van der Waals surface area (Å²) in [6.45, 7) is 2.53. The van der Waals surface area contributed by atoms with Crippen molar-refractivity contribution in [3.8, 4) is 0 Å². The molecule has 0 radical (unpaired) electrons. The number of hydrogen-bond acceptors (Lipinski definition) is 1. The Hall–Kier alpha value is -0.820. The quantitative estimate of drug-likeness (QED) is 0.821. The number of hydrogen-bond donors (Lipinski definition) is 1. The van der Waals surface area contributed by atoms with Gasteiger partial charge < -0.3 is 5.11 Å². The van der Waals surface area contributed by atoms with E-state index in [1.165, 1.54) is 36.8 Å². The first-order chi connectivity index (χ1) is 7.78. The molecule has 1 saturated carbocycles. The third kappa shape index (κ3) is 2.46. The number of aliphatic hydroxyl groups is 1. The first-order valence-corrected chi connectivity index (χ1v) is 6.47. The zero-order valence-electron chi connectivity index (χ0n) is 10.2. The van der Waals surface area contributed by atoms with Crippen molar-refractivity contribution in [2.75, 3.05) is 6.61 Å². The molecule has 0 bridgehead atoms. The van der Waals surface area contributed by atoms with Gasteiger partial charge in [0.05, 0.1) is 0 Å². The monoisotopic (exact) mass is 218 g/mol. The highest BCUT2D eigenvalue weighted by atomic mass is 16.3. The van der Waals surface area contributed by atoms with Gasteiger partial charge >= 0.3 is 0 Å². The van der Waals surface area contributed by atoms with E-state index in [-0.39, 0.29) is 5.41 Å². The van der Waals surface area contributed by atoms with Crippen LogP contribution in [0.1, 0.15) is 43.7 Å². The predicted molar refractivity (Wildman–Crippen MR) is 67.5 cm³/mol. The summed E-state index contributed by atoms with van der Waals surface area (Å²) in [6.07, 6.45) is 7.11. The van der Waals surface area contributed by atoms with Gasteiger partial charge in [-0.2, -0.15) is 0 Å². The average Bonchev–Trinajstić information content (AvgIpc) is 2.79. The fourth-order valence-corrected chi connectivity index (χ4v) is 2.84. The van der Waals surface area contributed by atoms with Crippen molar-refractivity contribution in [2.45, 2.75) is 45.4 Å². The molecule has 1 fully saturated rings. The van der Waals surface area contributed by atoms with Crippen LogP contribution < -0.4 is 0 Å². The molecule has 1 heteroatoms. The van der Waals surface area contributed by atoms with Crippen molar-refractivity contribution in [3.05, 3.63) is 35.4 Å². The number of rotatable bonds is 4. The second-order valence-corrected chi connectivity index (χ2v) is 5.21. The molecule has 1 aromatic rings. The Balaban J connectivity index is 2.07. The van der Waals surface area contributed by atoms with E-state index in [0.717, 1.165) is 12.8 Å². The molecule has 0 saturated heterocycles. The molecule has 0 spiro atoms. The largest absolute Gasteiger partial charge is 0.396 e. The minimum atomic E-state index is 0.188. The molecule has 88 valence electrons. The highest BCUT2D eigenvalue weighted by Crippen LogP contribution is 2.40. The summed E-state index contributed by atoms with van der Waals surface area (Å²) in [7, 11) is 0. The van der Waals surface area contributed by atoms with Crippen molar-refractivity contribution in [3.63, 3.8) is 0 Å². The molecule has 0 aromatic heterocycles. The Bertz CT molecular complexity index is 320. The zero-order valence-corrected chi connectivity index (χ0v) is 10.2. The molecule has 1 aliphatic carbocycles. The van der Waals surface area contributed by atoms with Crippen LogP contribution in [0.15, 0.2) is 24.3 Å². The van der Waals surface area contributed by atoms with Gasteiger partial charge in [-0.05, 0) is 42.2 Å². The average molecular weight is 218 g/mol. The summed E-state index contributed by atoms with van der Waals surface area (Å²) in [6, 6.07) is 8.90. The minimum absolute atomic E-state index is 0.188. The topological polar surface area (TPSA) is 20.2 Å². The fraction of sp³-hybridized carbons (Fsp3) is 0.600. The standard InChI is InChI=1S/C15H22O/c1-2-13-5-7-14(8-6-13)11-15(12-16)9-3-4-10-15/h5-8,16H,2-4,9-12H2,1H3. The van der Waals surface area contributed by atoms with E-state index in [0.29, 0.717) is 6.61 Å². The Morgan fingerprint density at radius 2 is 1.62 bits per heavy atom. The van der Waals surface area contributed by atoms with Crippen LogP contribution in [0, 0.1) is 5.41 Å². The molecular weight excluding hydrogens is 196 g/mol. The Morgan fingerprint density at radius 1 is 1.06 bits per heavy atom. The first kappa shape index (κ1) is 11.7. The number of aliphatic hydroxyl groups excluding tert-OH is 1. The zero-order chi connectivity index (χ0) is 11.4. The van der Waals surface area contributed by atoms with E-state index < -0.39 is 0 Å². The minimum Gasteiger partial charge on any atom is -0.396 e. The van der Waals surface area contributed by atoms with E-state index in [9.17, 15) is 5.11 Å². The smallest absolute Gasteiger partial charge is 0.0490 e. The van der Waals surface area contributed by atoms with E-state index in [1.807, 2.05) is 0 Å². The summed E-state index contributed by atoms with van der Waals surface area (Å²) in [5.74, 6) is 0. The van der Waals surface area contributed by atoms with Crippen LogP contribution in [-0.4, -0.2) is 11.7 Å². The van der Waals surface area contributed by atoms with Gasteiger partial charge in [0.1, 0.15) is 0 Å². The fourth-order valence-electron chi connectivity index (χ4n) is 2.84.